The van der Waals surface area contributed by atoms with E-state index in [0.29, 0.717) is 22.2 Å². The van der Waals surface area contributed by atoms with E-state index >= 15 is 0 Å². The second-order valence-corrected chi connectivity index (χ2v) is 8.38. The summed E-state index contributed by atoms with van der Waals surface area (Å²) >= 11 is 6.66. The van der Waals surface area contributed by atoms with Crippen LogP contribution in [0.2, 0.25) is 0 Å². The number of hydrogen-bond donors (Lipinski definition) is 0. The minimum atomic E-state index is -1.03. The van der Waals surface area contributed by atoms with Gasteiger partial charge in [-0.3, -0.25) is 9.69 Å². The highest BCUT2D eigenvalue weighted by Crippen LogP contribution is 2.33. The van der Waals surface area contributed by atoms with Crippen molar-refractivity contribution < 1.29 is 19.4 Å². The molecule has 2 saturated heterocycles. The molecule has 2 heterocycles. The topological polar surface area (TPSA) is 72.9 Å². The van der Waals surface area contributed by atoms with E-state index in [-0.39, 0.29) is 12.3 Å². The SMILES string of the molecule is O=C([O-])CCCCCN1C(=O)/C(=C\c2ccc(N3CCOCC3)cc2)SC1=S. The number of thioether (sulfide) groups is 1. The first-order chi connectivity index (χ1) is 13.5. The Morgan fingerprint density at radius 3 is 2.57 bits per heavy atom. The Morgan fingerprint density at radius 1 is 1.18 bits per heavy atom. The zero-order valence-corrected chi connectivity index (χ0v) is 17.2. The molecule has 6 nitrogen and oxygen atoms in total. The lowest BCUT2D eigenvalue weighted by Gasteiger charge is -2.28. The van der Waals surface area contributed by atoms with Gasteiger partial charge in [-0.25, -0.2) is 0 Å². The van der Waals surface area contributed by atoms with Crippen molar-refractivity contribution in [2.24, 2.45) is 0 Å². The van der Waals surface area contributed by atoms with Crippen LogP contribution >= 0.6 is 24.0 Å². The molecule has 0 radical (unpaired) electrons. The summed E-state index contributed by atoms with van der Waals surface area (Å²) in [5, 5.41) is 10.4. The number of amides is 1. The van der Waals surface area contributed by atoms with Crippen molar-refractivity contribution in [1.82, 2.24) is 4.90 Å². The summed E-state index contributed by atoms with van der Waals surface area (Å²) in [5.74, 6) is -1.11. The summed E-state index contributed by atoms with van der Waals surface area (Å²) in [5.41, 5.74) is 2.12. The maximum atomic E-state index is 12.6. The standard InChI is InChI=1S/C20H24N2O4S2/c23-18(24)4-2-1-3-9-22-19(25)17(28-20(22)27)14-15-5-7-16(8-6-15)21-10-12-26-13-11-21/h5-8,14H,1-4,9-13H2,(H,23,24)/p-1/b17-14+. The molecule has 1 aromatic rings. The van der Waals surface area contributed by atoms with Gasteiger partial charge in [-0.2, -0.15) is 0 Å². The fraction of sp³-hybridized carbons (Fsp3) is 0.450. The third-order valence-corrected chi connectivity index (χ3v) is 6.08. The van der Waals surface area contributed by atoms with Gasteiger partial charge >= 0.3 is 0 Å². The number of unbranched alkanes of at least 4 members (excludes halogenated alkanes) is 2. The summed E-state index contributed by atoms with van der Waals surface area (Å²) < 4.78 is 5.94. The van der Waals surface area contributed by atoms with Gasteiger partial charge in [-0.1, -0.05) is 42.5 Å². The van der Waals surface area contributed by atoms with Crippen LogP contribution in [0.3, 0.4) is 0 Å². The third-order valence-electron chi connectivity index (χ3n) is 4.70. The summed E-state index contributed by atoms with van der Waals surface area (Å²) in [6.07, 6.45) is 3.94. The van der Waals surface area contributed by atoms with Crippen molar-refractivity contribution in [3.63, 3.8) is 0 Å². The highest BCUT2D eigenvalue weighted by atomic mass is 32.2. The van der Waals surface area contributed by atoms with Crippen LogP contribution < -0.4 is 10.0 Å². The molecule has 0 saturated carbocycles. The van der Waals surface area contributed by atoms with Crippen LogP contribution in [-0.2, 0) is 14.3 Å². The molecule has 0 aliphatic carbocycles. The Bertz CT molecular complexity index is 758. The number of carbonyl (C=O) groups is 2. The smallest absolute Gasteiger partial charge is 0.266 e. The van der Waals surface area contributed by atoms with Crippen molar-refractivity contribution in [1.29, 1.82) is 0 Å². The van der Waals surface area contributed by atoms with E-state index in [0.717, 1.165) is 50.4 Å². The van der Waals surface area contributed by atoms with E-state index < -0.39 is 5.97 Å². The van der Waals surface area contributed by atoms with Crippen LogP contribution in [0.25, 0.3) is 6.08 Å². The Kier molecular flexibility index (Phi) is 7.47. The van der Waals surface area contributed by atoms with Gasteiger partial charge in [0.05, 0.1) is 18.1 Å². The first kappa shape index (κ1) is 20.8. The average molecular weight is 420 g/mol. The van der Waals surface area contributed by atoms with Crippen LogP contribution in [0.15, 0.2) is 29.2 Å². The Morgan fingerprint density at radius 2 is 1.89 bits per heavy atom. The van der Waals surface area contributed by atoms with Crippen LogP contribution in [0, 0.1) is 0 Å². The highest BCUT2D eigenvalue weighted by molar-refractivity contribution is 8.26. The minimum Gasteiger partial charge on any atom is -0.550 e. The fourth-order valence-electron chi connectivity index (χ4n) is 3.16. The molecular weight excluding hydrogens is 396 g/mol. The molecule has 3 rings (SSSR count). The molecular formula is C20H23N2O4S2-. The predicted octanol–water partition coefficient (Wildman–Crippen LogP) is 2.03. The molecule has 1 amide bonds. The molecule has 150 valence electrons. The van der Waals surface area contributed by atoms with E-state index in [2.05, 4.69) is 17.0 Å². The summed E-state index contributed by atoms with van der Waals surface area (Å²) in [4.78, 5) is 27.6. The van der Waals surface area contributed by atoms with Crippen molar-refractivity contribution >= 4 is 51.9 Å². The third kappa shape index (κ3) is 5.56. The van der Waals surface area contributed by atoms with E-state index in [9.17, 15) is 14.7 Å². The minimum absolute atomic E-state index is 0.0543. The van der Waals surface area contributed by atoms with Gasteiger partial charge in [0, 0.05) is 31.3 Å². The zero-order chi connectivity index (χ0) is 19.9. The number of carboxylic acids is 1. The molecule has 1 aromatic carbocycles. The van der Waals surface area contributed by atoms with Gasteiger partial charge in [0.15, 0.2) is 0 Å². The number of ether oxygens (including phenoxy) is 1. The summed E-state index contributed by atoms with van der Waals surface area (Å²) in [6.45, 7) is 3.79. The van der Waals surface area contributed by atoms with E-state index in [1.807, 2.05) is 18.2 Å². The van der Waals surface area contributed by atoms with Crippen molar-refractivity contribution in [3.8, 4) is 0 Å². The molecule has 2 fully saturated rings. The Hall–Kier alpha value is -1.90. The van der Waals surface area contributed by atoms with Crippen LogP contribution in [0.5, 0.6) is 0 Å². The summed E-state index contributed by atoms with van der Waals surface area (Å²) in [6, 6.07) is 8.15. The lowest BCUT2D eigenvalue weighted by Crippen LogP contribution is -2.36. The van der Waals surface area contributed by atoms with Gasteiger partial charge in [0.2, 0.25) is 0 Å². The van der Waals surface area contributed by atoms with Gasteiger partial charge in [-0.15, -0.1) is 0 Å². The van der Waals surface area contributed by atoms with Crippen LogP contribution in [-0.4, -0.2) is 53.9 Å². The molecule has 2 aliphatic rings. The molecule has 0 unspecified atom stereocenters. The first-order valence-electron chi connectivity index (χ1n) is 9.42. The molecule has 0 spiro atoms. The lowest BCUT2D eigenvalue weighted by atomic mass is 10.1. The average Bonchev–Trinajstić information content (AvgIpc) is 2.96. The van der Waals surface area contributed by atoms with Gasteiger partial charge in [-0.05, 0) is 43.0 Å². The number of morpholine rings is 1. The maximum Gasteiger partial charge on any atom is 0.266 e. The van der Waals surface area contributed by atoms with Crippen molar-refractivity contribution in [2.45, 2.75) is 25.7 Å². The normalized spacial score (nSPS) is 18.9. The largest absolute Gasteiger partial charge is 0.550 e. The number of hydrogen-bond acceptors (Lipinski definition) is 7. The van der Waals surface area contributed by atoms with E-state index in [1.54, 1.807) is 4.90 Å². The van der Waals surface area contributed by atoms with Crippen LogP contribution in [0.4, 0.5) is 5.69 Å². The van der Waals surface area contributed by atoms with Crippen molar-refractivity contribution in [2.75, 3.05) is 37.7 Å². The molecule has 28 heavy (non-hydrogen) atoms. The van der Waals surface area contributed by atoms with Gasteiger partial charge < -0.3 is 19.5 Å². The first-order valence-corrected chi connectivity index (χ1v) is 10.6. The predicted molar refractivity (Wildman–Crippen MR) is 113 cm³/mol. The van der Waals surface area contributed by atoms with E-state index in [1.165, 1.54) is 11.8 Å². The summed E-state index contributed by atoms with van der Waals surface area (Å²) in [7, 11) is 0. The lowest BCUT2D eigenvalue weighted by molar-refractivity contribution is -0.305. The molecule has 0 N–H and O–H groups in total. The molecule has 0 atom stereocenters. The quantitative estimate of drug-likeness (QED) is 0.363. The molecule has 0 aromatic heterocycles. The number of aliphatic carboxylic acids is 1. The highest BCUT2D eigenvalue weighted by Gasteiger charge is 2.31. The van der Waals surface area contributed by atoms with E-state index in [4.69, 9.17) is 17.0 Å². The number of rotatable bonds is 8. The fourth-order valence-corrected chi connectivity index (χ4v) is 4.47. The zero-order valence-electron chi connectivity index (χ0n) is 15.6. The van der Waals surface area contributed by atoms with Gasteiger partial charge in [0.1, 0.15) is 4.32 Å². The number of nitrogens with zero attached hydrogens (tertiary/aromatic N) is 2. The molecule has 8 heteroatoms. The number of thiocarbonyl (C=S) groups is 1. The Labute approximate surface area is 174 Å². The van der Waals surface area contributed by atoms with Crippen LogP contribution in [0.1, 0.15) is 31.2 Å². The van der Waals surface area contributed by atoms with Crippen molar-refractivity contribution in [3.05, 3.63) is 34.7 Å². The monoisotopic (exact) mass is 419 g/mol. The molecule has 0 bridgehead atoms. The second-order valence-electron chi connectivity index (χ2n) is 6.71. The molecule has 2 aliphatic heterocycles. The number of benzene rings is 1. The Balaban J connectivity index is 1.56. The second kappa shape index (κ2) is 10.0. The number of anilines is 1. The maximum absolute atomic E-state index is 12.6. The number of carbonyl (C=O) groups excluding carboxylic acids is 2. The van der Waals surface area contributed by atoms with Gasteiger partial charge in [0.25, 0.3) is 5.91 Å². The number of carboxylic acid groups (broad SMARTS) is 1.